The summed E-state index contributed by atoms with van der Waals surface area (Å²) in [5.74, 6) is 0.598. The molecule has 6 nitrogen and oxygen atoms in total. The molecule has 0 aliphatic carbocycles. The van der Waals surface area contributed by atoms with Gasteiger partial charge < -0.3 is 10.2 Å². The maximum atomic E-state index is 13.4. The van der Waals surface area contributed by atoms with E-state index in [2.05, 4.69) is 29.2 Å². The standard InChI is InChI=1S/C21H24N4O2/c1-14-12-15(9-11-24(14)2)13-19(26)25-18-8-4-3-6-16(18)21(27)23-17-7-5-10-22-20(17)25/h3-8,10,14-15H,9,11-13H2,1-2H3,(H,23,27). The van der Waals surface area contributed by atoms with E-state index in [0.29, 0.717) is 41.1 Å². The number of hydrogen-bond donors (Lipinski definition) is 1. The van der Waals surface area contributed by atoms with Gasteiger partial charge in [-0.05, 0) is 63.5 Å². The molecule has 2 aliphatic rings. The fraction of sp³-hybridized carbons (Fsp3) is 0.381. The molecule has 6 heteroatoms. The van der Waals surface area contributed by atoms with Gasteiger partial charge in [0.1, 0.15) is 0 Å². The second-order valence-electron chi connectivity index (χ2n) is 7.50. The van der Waals surface area contributed by atoms with Gasteiger partial charge in [-0.15, -0.1) is 0 Å². The zero-order valence-corrected chi connectivity index (χ0v) is 15.7. The zero-order valence-electron chi connectivity index (χ0n) is 15.7. The Morgan fingerprint density at radius 3 is 2.89 bits per heavy atom. The normalized spacial score (nSPS) is 22.4. The van der Waals surface area contributed by atoms with E-state index in [9.17, 15) is 9.59 Å². The third-order valence-electron chi connectivity index (χ3n) is 5.67. The molecule has 0 saturated carbocycles. The Morgan fingerprint density at radius 1 is 1.26 bits per heavy atom. The number of anilines is 3. The van der Waals surface area contributed by atoms with Crippen LogP contribution >= 0.6 is 0 Å². The van der Waals surface area contributed by atoms with E-state index in [1.807, 2.05) is 18.2 Å². The van der Waals surface area contributed by atoms with E-state index in [1.165, 1.54) is 0 Å². The number of rotatable bonds is 2. The summed E-state index contributed by atoms with van der Waals surface area (Å²) in [6, 6.07) is 11.2. The van der Waals surface area contributed by atoms with Crippen LogP contribution < -0.4 is 10.2 Å². The largest absolute Gasteiger partial charge is 0.319 e. The molecule has 3 heterocycles. The summed E-state index contributed by atoms with van der Waals surface area (Å²) in [6.45, 7) is 3.21. The lowest BCUT2D eigenvalue weighted by Gasteiger charge is -2.35. The first kappa shape index (κ1) is 17.7. The number of piperidine rings is 1. The van der Waals surface area contributed by atoms with Crippen molar-refractivity contribution in [2.45, 2.75) is 32.2 Å². The van der Waals surface area contributed by atoms with E-state index in [-0.39, 0.29) is 11.8 Å². The lowest BCUT2D eigenvalue weighted by molar-refractivity contribution is -0.119. The fourth-order valence-electron chi connectivity index (χ4n) is 4.00. The number of carbonyl (C=O) groups is 2. The van der Waals surface area contributed by atoms with Gasteiger partial charge in [0.15, 0.2) is 5.82 Å². The average Bonchev–Trinajstić information content (AvgIpc) is 2.79. The van der Waals surface area contributed by atoms with Crippen LogP contribution in [0.3, 0.4) is 0 Å². The molecule has 140 valence electrons. The number of aromatic nitrogens is 1. The van der Waals surface area contributed by atoms with Crippen molar-refractivity contribution in [3.8, 4) is 0 Å². The molecule has 2 amide bonds. The van der Waals surface area contributed by atoms with Crippen molar-refractivity contribution in [1.29, 1.82) is 0 Å². The van der Waals surface area contributed by atoms with Crippen LogP contribution in [-0.4, -0.2) is 41.3 Å². The van der Waals surface area contributed by atoms with Gasteiger partial charge in [-0.25, -0.2) is 4.98 Å². The van der Waals surface area contributed by atoms with Crippen LogP contribution in [0.1, 0.15) is 36.5 Å². The second kappa shape index (κ2) is 7.12. The van der Waals surface area contributed by atoms with Crippen LogP contribution in [0.15, 0.2) is 42.6 Å². The summed E-state index contributed by atoms with van der Waals surface area (Å²) < 4.78 is 0. The van der Waals surface area contributed by atoms with Crippen molar-refractivity contribution in [2.24, 2.45) is 5.92 Å². The Bertz CT molecular complexity index is 882. The quantitative estimate of drug-likeness (QED) is 0.887. The Hall–Kier alpha value is -2.73. The van der Waals surface area contributed by atoms with Crippen molar-refractivity contribution in [1.82, 2.24) is 9.88 Å². The third kappa shape index (κ3) is 3.32. The SMILES string of the molecule is CC1CC(CC(=O)N2c3ccccc3C(=O)Nc3cccnc32)CCN1C. The van der Waals surface area contributed by atoms with Gasteiger partial charge in [0.2, 0.25) is 5.91 Å². The Kier molecular flexibility index (Phi) is 4.66. The minimum Gasteiger partial charge on any atom is -0.319 e. The number of nitrogens with zero attached hydrogens (tertiary/aromatic N) is 3. The second-order valence-corrected chi connectivity index (χ2v) is 7.50. The molecule has 2 aromatic rings. The molecule has 1 aromatic carbocycles. The van der Waals surface area contributed by atoms with Crippen molar-refractivity contribution < 1.29 is 9.59 Å². The molecule has 0 spiro atoms. The molecule has 0 bridgehead atoms. The summed E-state index contributed by atoms with van der Waals surface area (Å²) in [6.07, 6.45) is 4.12. The highest BCUT2D eigenvalue weighted by Gasteiger charge is 2.32. The van der Waals surface area contributed by atoms with Crippen LogP contribution in [0.2, 0.25) is 0 Å². The number of hydrogen-bond acceptors (Lipinski definition) is 4. The molecular weight excluding hydrogens is 340 g/mol. The predicted octanol–water partition coefficient (Wildman–Crippen LogP) is 3.43. The number of benzene rings is 1. The number of para-hydroxylation sites is 1. The van der Waals surface area contributed by atoms with Gasteiger partial charge in [0.05, 0.1) is 16.9 Å². The molecule has 1 fully saturated rings. The number of nitrogens with one attached hydrogen (secondary N) is 1. The van der Waals surface area contributed by atoms with Crippen molar-refractivity contribution in [3.05, 3.63) is 48.2 Å². The molecule has 2 aliphatic heterocycles. The van der Waals surface area contributed by atoms with Crippen LogP contribution in [0, 0.1) is 5.92 Å². The number of pyridine rings is 1. The van der Waals surface area contributed by atoms with Gasteiger partial charge in [-0.3, -0.25) is 14.5 Å². The predicted molar refractivity (Wildman–Crippen MR) is 105 cm³/mol. The molecule has 1 N–H and O–H groups in total. The highest BCUT2D eigenvalue weighted by Crippen LogP contribution is 2.37. The number of likely N-dealkylation sites (tertiary alicyclic amines) is 1. The average molecular weight is 364 g/mol. The minimum absolute atomic E-state index is 0.0133. The molecule has 1 aromatic heterocycles. The fourth-order valence-corrected chi connectivity index (χ4v) is 4.00. The van der Waals surface area contributed by atoms with Crippen molar-refractivity contribution in [2.75, 3.05) is 23.8 Å². The lowest BCUT2D eigenvalue weighted by Crippen LogP contribution is -2.39. The maximum Gasteiger partial charge on any atom is 0.257 e. The molecule has 2 unspecified atom stereocenters. The summed E-state index contributed by atoms with van der Waals surface area (Å²) >= 11 is 0. The Balaban J connectivity index is 1.70. The first-order valence-electron chi connectivity index (χ1n) is 9.43. The smallest absolute Gasteiger partial charge is 0.257 e. The van der Waals surface area contributed by atoms with Gasteiger partial charge in [0.25, 0.3) is 5.91 Å². The van der Waals surface area contributed by atoms with Crippen LogP contribution in [-0.2, 0) is 4.79 Å². The van der Waals surface area contributed by atoms with Crippen LogP contribution in [0.25, 0.3) is 0 Å². The maximum absolute atomic E-state index is 13.4. The minimum atomic E-state index is -0.219. The first-order valence-corrected chi connectivity index (χ1v) is 9.43. The van der Waals surface area contributed by atoms with E-state index in [1.54, 1.807) is 29.3 Å². The van der Waals surface area contributed by atoms with Crippen LogP contribution in [0.5, 0.6) is 0 Å². The van der Waals surface area contributed by atoms with Gasteiger partial charge in [-0.2, -0.15) is 0 Å². The number of amides is 2. The molecule has 2 atom stereocenters. The van der Waals surface area contributed by atoms with E-state index >= 15 is 0 Å². The highest BCUT2D eigenvalue weighted by molar-refractivity contribution is 6.17. The van der Waals surface area contributed by atoms with Crippen molar-refractivity contribution in [3.63, 3.8) is 0 Å². The molecule has 1 saturated heterocycles. The zero-order chi connectivity index (χ0) is 19.0. The molecule has 4 rings (SSSR count). The molecule has 27 heavy (non-hydrogen) atoms. The van der Waals surface area contributed by atoms with Gasteiger partial charge in [0, 0.05) is 18.7 Å². The Labute approximate surface area is 159 Å². The summed E-state index contributed by atoms with van der Waals surface area (Å²) in [5, 5.41) is 2.88. The van der Waals surface area contributed by atoms with Gasteiger partial charge >= 0.3 is 0 Å². The summed E-state index contributed by atoms with van der Waals surface area (Å²) in [7, 11) is 2.13. The summed E-state index contributed by atoms with van der Waals surface area (Å²) in [4.78, 5) is 34.4. The van der Waals surface area contributed by atoms with E-state index in [4.69, 9.17) is 0 Å². The van der Waals surface area contributed by atoms with E-state index in [0.717, 1.165) is 19.4 Å². The Morgan fingerprint density at radius 2 is 2.07 bits per heavy atom. The summed E-state index contributed by atoms with van der Waals surface area (Å²) in [5.41, 5.74) is 1.64. The van der Waals surface area contributed by atoms with Gasteiger partial charge in [-0.1, -0.05) is 12.1 Å². The number of fused-ring (bicyclic) bond motifs is 2. The molecule has 0 radical (unpaired) electrons. The van der Waals surface area contributed by atoms with E-state index < -0.39 is 0 Å². The topological polar surface area (TPSA) is 65.5 Å². The lowest BCUT2D eigenvalue weighted by atomic mass is 9.89. The number of carbonyl (C=O) groups excluding carboxylic acids is 2. The monoisotopic (exact) mass is 364 g/mol. The molecular formula is C21H24N4O2. The first-order chi connectivity index (χ1) is 13.0. The third-order valence-corrected chi connectivity index (χ3v) is 5.67. The van der Waals surface area contributed by atoms with Crippen LogP contribution in [0.4, 0.5) is 17.2 Å². The van der Waals surface area contributed by atoms with Crippen molar-refractivity contribution >= 4 is 29.0 Å². The highest BCUT2D eigenvalue weighted by atomic mass is 16.2.